The molecule has 0 saturated heterocycles. The fourth-order valence-electron chi connectivity index (χ4n) is 0.135. The van der Waals surface area contributed by atoms with Crippen molar-refractivity contribution in [3.05, 3.63) is 0 Å². The summed E-state index contributed by atoms with van der Waals surface area (Å²) < 4.78 is 9.63. The second-order valence-corrected chi connectivity index (χ2v) is 2.08. The van der Waals surface area contributed by atoms with Crippen molar-refractivity contribution in [3.8, 4) is 0 Å². The standard InChI is InChI=1S/C3H7OPS.CH4S/c4-5-2-1-3-6;1-2/h6H,1-3H2;2H,1H3. The van der Waals surface area contributed by atoms with Gasteiger partial charge < -0.3 is 0 Å². The van der Waals surface area contributed by atoms with Gasteiger partial charge in [-0.25, -0.2) is 0 Å². The molecule has 0 unspecified atom stereocenters. The Morgan fingerprint density at radius 3 is 2.12 bits per heavy atom. The highest BCUT2D eigenvalue weighted by Gasteiger charge is 1.76. The van der Waals surface area contributed by atoms with Gasteiger partial charge in [0.25, 0.3) is 0 Å². The number of hydrogen-bond donors (Lipinski definition) is 2. The molecule has 0 radical (unpaired) electrons. The van der Waals surface area contributed by atoms with Crippen LogP contribution < -0.4 is 0 Å². The predicted molar refractivity (Wildman–Crippen MR) is 45.9 cm³/mol. The summed E-state index contributed by atoms with van der Waals surface area (Å²) >= 11 is 7.44. The molecule has 0 aromatic rings. The van der Waals surface area contributed by atoms with Crippen LogP contribution in [0.2, 0.25) is 0 Å². The first-order chi connectivity index (χ1) is 3.91. The van der Waals surface area contributed by atoms with E-state index in [-0.39, 0.29) is 8.46 Å². The molecule has 0 N–H and O–H groups in total. The van der Waals surface area contributed by atoms with Crippen LogP contribution in [0, 0.1) is 0 Å². The van der Waals surface area contributed by atoms with Gasteiger partial charge in [-0.2, -0.15) is 25.3 Å². The molecule has 0 spiro atoms. The van der Waals surface area contributed by atoms with Crippen LogP contribution in [0.15, 0.2) is 0 Å². The van der Waals surface area contributed by atoms with Gasteiger partial charge in [0.05, 0.1) is 0 Å². The molecule has 0 aliphatic rings. The molecular formula is C4H11OPS2. The Morgan fingerprint density at radius 1 is 1.50 bits per heavy atom. The molecule has 0 rings (SSSR count). The first-order valence-electron chi connectivity index (χ1n) is 2.26. The number of hydrogen-bond acceptors (Lipinski definition) is 3. The maximum absolute atomic E-state index is 9.63. The Labute approximate surface area is 63.3 Å². The highest BCUT2D eigenvalue weighted by molar-refractivity contribution is 7.80. The molecular weight excluding hydrogens is 159 g/mol. The molecule has 50 valence electrons. The summed E-state index contributed by atoms with van der Waals surface area (Å²) in [5, 5.41) is 0. The smallest absolute Gasteiger partial charge is 0.155 e. The zero-order chi connectivity index (χ0) is 6.83. The van der Waals surface area contributed by atoms with Gasteiger partial charge in [0.1, 0.15) is 0 Å². The van der Waals surface area contributed by atoms with Crippen molar-refractivity contribution >= 4 is 33.7 Å². The largest absolute Gasteiger partial charge is 0.275 e. The third-order valence-corrected chi connectivity index (χ3v) is 1.22. The molecule has 1 nitrogen and oxygen atoms in total. The van der Waals surface area contributed by atoms with Gasteiger partial charge in [-0.05, 0) is 18.4 Å². The molecule has 8 heavy (non-hydrogen) atoms. The van der Waals surface area contributed by atoms with E-state index in [0.29, 0.717) is 0 Å². The Kier molecular flexibility index (Phi) is 22.7. The zero-order valence-corrected chi connectivity index (χ0v) is 7.55. The summed E-state index contributed by atoms with van der Waals surface area (Å²) in [4.78, 5) is 0. The Morgan fingerprint density at radius 2 is 2.00 bits per heavy atom. The van der Waals surface area contributed by atoms with Crippen molar-refractivity contribution in [2.24, 2.45) is 0 Å². The summed E-state index contributed by atoms with van der Waals surface area (Å²) in [7, 11) is 0.247. The van der Waals surface area contributed by atoms with Crippen molar-refractivity contribution < 1.29 is 4.57 Å². The van der Waals surface area contributed by atoms with E-state index in [1.165, 1.54) is 0 Å². The van der Waals surface area contributed by atoms with E-state index >= 15 is 0 Å². The average Bonchev–Trinajstić information content (AvgIpc) is 1.88. The van der Waals surface area contributed by atoms with E-state index < -0.39 is 0 Å². The fourth-order valence-corrected chi connectivity index (χ4v) is 0.830. The minimum atomic E-state index is 0.247. The Balaban J connectivity index is 0. The number of rotatable bonds is 3. The monoisotopic (exact) mass is 170 g/mol. The third-order valence-electron chi connectivity index (χ3n) is 0.408. The molecule has 0 saturated carbocycles. The highest BCUT2D eigenvalue weighted by Crippen LogP contribution is 1.94. The van der Waals surface area contributed by atoms with Crippen LogP contribution in [-0.2, 0) is 4.57 Å². The van der Waals surface area contributed by atoms with Crippen molar-refractivity contribution in [2.45, 2.75) is 6.42 Å². The first-order valence-corrected chi connectivity index (χ1v) is 4.79. The molecule has 0 bridgehead atoms. The van der Waals surface area contributed by atoms with E-state index in [9.17, 15) is 4.57 Å². The van der Waals surface area contributed by atoms with Crippen molar-refractivity contribution in [2.75, 3.05) is 18.2 Å². The van der Waals surface area contributed by atoms with Gasteiger partial charge in [0.15, 0.2) is 8.46 Å². The summed E-state index contributed by atoms with van der Waals surface area (Å²) in [6.45, 7) is 0. The molecule has 0 aliphatic heterocycles. The second-order valence-electron chi connectivity index (χ2n) is 0.930. The highest BCUT2D eigenvalue weighted by atomic mass is 32.1. The minimum absolute atomic E-state index is 0.247. The lowest BCUT2D eigenvalue weighted by Crippen LogP contribution is -1.71. The van der Waals surface area contributed by atoms with Crippen LogP contribution in [0.1, 0.15) is 6.42 Å². The van der Waals surface area contributed by atoms with E-state index in [2.05, 4.69) is 25.3 Å². The third kappa shape index (κ3) is 15.8. The van der Waals surface area contributed by atoms with Gasteiger partial charge in [0.2, 0.25) is 0 Å². The van der Waals surface area contributed by atoms with Gasteiger partial charge >= 0.3 is 0 Å². The van der Waals surface area contributed by atoms with E-state index in [1.807, 2.05) is 0 Å². The summed E-state index contributed by atoms with van der Waals surface area (Å²) in [6, 6.07) is 0. The molecule has 0 amide bonds. The van der Waals surface area contributed by atoms with Crippen molar-refractivity contribution in [1.29, 1.82) is 0 Å². The maximum Gasteiger partial charge on any atom is 0.155 e. The van der Waals surface area contributed by atoms with Crippen LogP contribution >= 0.6 is 33.7 Å². The molecule has 0 heterocycles. The zero-order valence-electron chi connectivity index (χ0n) is 4.87. The van der Waals surface area contributed by atoms with E-state index in [1.54, 1.807) is 6.26 Å². The van der Waals surface area contributed by atoms with Gasteiger partial charge in [-0.15, -0.1) is 0 Å². The number of thiol groups is 2. The maximum atomic E-state index is 9.63. The van der Waals surface area contributed by atoms with Crippen LogP contribution in [0.3, 0.4) is 0 Å². The van der Waals surface area contributed by atoms with Crippen LogP contribution in [0.25, 0.3) is 0 Å². The Bertz CT molecular complexity index is 43.0. The SMILES string of the molecule is CS.O=PCCCS. The molecule has 4 heteroatoms. The second kappa shape index (κ2) is 15.7. The Hall–Kier alpha value is 0.800. The fraction of sp³-hybridized carbons (Fsp3) is 1.00. The van der Waals surface area contributed by atoms with E-state index in [0.717, 1.165) is 18.3 Å². The lowest BCUT2D eigenvalue weighted by molar-refractivity contribution is 0.598. The quantitative estimate of drug-likeness (QED) is 0.377. The molecule has 0 fully saturated rings. The van der Waals surface area contributed by atoms with Crippen molar-refractivity contribution in [1.82, 2.24) is 0 Å². The topological polar surface area (TPSA) is 17.1 Å². The summed E-state index contributed by atoms with van der Waals surface area (Å²) in [6.07, 6.45) is 3.40. The van der Waals surface area contributed by atoms with Crippen LogP contribution in [-0.4, -0.2) is 18.2 Å². The predicted octanol–water partition coefficient (Wildman–Crippen LogP) is 2.14. The lowest BCUT2D eigenvalue weighted by Gasteiger charge is -1.77. The summed E-state index contributed by atoms with van der Waals surface area (Å²) in [5.74, 6) is 0.842. The molecule has 0 aromatic carbocycles. The van der Waals surface area contributed by atoms with Gasteiger partial charge in [0, 0.05) is 6.16 Å². The van der Waals surface area contributed by atoms with Gasteiger partial charge in [-0.3, -0.25) is 4.57 Å². The molecule has 0 aliphatic carbocycles. The van der Waals surface area contributed by atoms with Gasteiger partial charge in [-0.1, -0.05) is 0 Å². The van der Waals surface area contributed by atoms with E-state index in [4.69, 9.17) is 0 Å². The van der Waals surface area contributed by atoms with Crippen molar-refractivity contribution in [3.63, 3.8) is 0 Å². The summed E-state index contributed by atoms with van der Waals surface area (Å²) in [5.41, 5.74) is 0. The van der Waals surface area contributed by atoms with Crippen LogP contribution in [0.4, 0.5) is 0 Å². The molecule has 0 aromatic heterocycles. The first kappa shape index (κ1) is 11.6. The molecule has 0 atom stereocenters. The minimum Gasteiger partial charge on any atom is -0.275 e. The van der Waals surface area contributed by atoms with Crippen LogP contribution in [0.5, 0.6) is 0 Å². The average molecular weight is 170 g/mol. The normalized spacial score (nSPS) is 7.88. The lowest BCUT2D eigenvalue weighted by atomic mass is 10.6.